The van der Waals surface area contributed by atoms with Gasteiger partial charge in [0.15, 0.2) is 0 Å². The second-order valence-corrected chi connectivity index (χ2v) is 20.9. The Morgan fingerprint density at radius 3 is 1.41 bits per heavy atom. The van der Waals surface area contributed by atoms with E-state index in [1.165, 1.54) is 12.8 Å². The lowest BCUT2D eigenvalue weighted by Crippen LogP contribution is -2.36. The largest absolute Gasteiger partial charge is 0.461 e. The zero-order chi connectivity index (χ0) is 52.9. The summed E-state index contributed by atoms with van der Waals surface area (Å²) in [6.07, 6.45) is 17.6. The van der Waals surface area contributed by atoms with E-state index in [0.29, 0.717) is 6.42 Å². The van der Waals surface area contributed by atoms with E-state index in [4.69, 9.17) is 43.1 Å². The Hall–Kier alpha value is -6.21. The molecule has 74 heavy (non-hydrogen) atoms. The van der Waals surface area contributed by atoms with E-state index in [1.807, 2.05) is 103 Å². The van der Waals surface area contributed by atoms with Gasteiger partial charge in [-0.3, -0.25) is 29.1 Å². The zero-order valence-electron chi connectivity index (χ0n) is 42.9. The summed E-state index contributed by atoms with van der Waals surface area (Å²) in [4.78, 5) is 71.8. The summed E-state index contributed by atoms with van der Waals surface area (Å²) in [5.74, 6) is -1.01. The van der Waals surface area contributed by atoms with Crippen molar-refractivity contribution in [2.45, 2.75) is 128 Å². The van der Waals surface area contributed by atoms with Gasteiger partial charge in [-0.15, -0.1) is 23.2 Å². The fraction of sp³-hybridized carbons (Fsp3) is 0.417. The number of pyridine rings is 2. The van der Waals surface area contributed by atoms with Crippen molar-refractivity contribution in [3.05, 3.63) is 155 Å². The summed E-state index contributed by atoms with van der Waals surface area (Å²) in [5, 5.41) is 7.12. The van der Waals surface area contributed by atoms with Crippen LogP contribution in [0.15, 0.2) is 122 Å². The number of rotatable bonds is 17. The number of hydrogen-bond acceptors (Lipinski definition) is 11. The van der Waals surface area contributed by atoms with Gasteiger partial charge in [-0.25, -0.2) is 4.79 Å². The first kappa shape index (κ1) is 57.1. The molecule has 2 atom stereocenters. The first-order chi connectivity index (χ1) is 35.7. The molecular formula is C60H70Cl2N4O8. The Labute approximate surface area is 445 Å². The van der Waals surface area contributed by atoms with Crippen molar-refractivity contribution in [1.82, 2.24) is 15.3 Å². The van der Waals surface area contributed by atoms with Gasteiger partial charge in [0.2, 0.25) is 0 Å². The van der Waals surface area contributed by atoms with Crippen molar-refractivity contribution < 1.29 is 38.2 Å². The van der Waals surface area contributed by atoms with Crippen molar-refractivity contribution in [2.24, 2.45) is 17.6 Å². The van der Waals surface area contributed by atoms with Gasteiger partial charge in [-0.2, -0.15) is 0 Å². The van der Waals surface area contributed by atoms with Crippen molar-refractivity contribution in [1.29, 1.82) is 0 Å². The number of ketones is 2. The smallest absolute Gasteiger partial charge is 0.407 e. The number of carbonyl (C=O) groups excluding carboxylic acids is 5. The maximum absolute atomic E-state index is 13.5. The quantitative estimate of drug-likeness (QED) is 0.0505. The van der Waals surface area contributed by atoms with Crippen LogP contribution in [0.1, 0.15) is 130 Å². The van der Waals surface area contributed by atoms with Crippen LogP contribution in [0, 0.1) is 11.8 Å². The van der Waals surface area contributed by atoms with Gasteiger partial charge < -0.3 is 25.3 Å². The molecule has 2 aromatic heterocycles. The SMILES string of the molecule is CC(C)(C)OC(=O)NCC(C(=O)Cc1ccc2cnccc2c1)c1ccc(COC(=O)C2CCCCC2)cc1.ClCCl.NCC(C(=O)Cc1ccc2cnccc2c1)c1ccc(COC(=O)C2CCCCC2)cc1. The Bertz CT molecular complexity index is 2770. The van der Waals surface area contributed by atoms with Gasteiger partial charge in [-0.05, 0) is 103 Å². The molecule has 392 valence electrons. The number of amides is 1. The van der Waals surface area contributed by atoms with Crippen molar-refractivity contribution in [2.75, 3.05) is 18.4 Å². The summed E-state index contributed by atoms with van der Waals surface area (Å²) >= 11 is 9.53. The van der Waals surface area contributed by atoms with Crippen molar-refractivity contribution in [3.8, 4) is 0 Å². The van der Waals surface area contributed by atoms with E-state index in [0.717, 1.165) is 106 Å². The molecule has 2 heterocycles. The van der Waals surface area contributed by atoms with E-state index in [1.54, 1.807) is 39.4 Å². The van der Waals surface area contributed by atoms with Crippen LogP contribution >= 0.6 is 23.2 Å². The minimum atomic E-state index is -0.639. The topological polar surface area (TPSA) is 177 Å². The molecule has 2 fully saturated rings. The van der Waals surface area contributed by atoms with Gasteiger partial charge in [0.25, 0.3) is 0 Å². The second-order valence-electron chi connectivity index (χ2n) is 20.1. The third-order valence-electron chi connectivity index (χ3n) is 13.4. The highest BCUT2D eigenvalue weighted by Crippen LogP contribution is 2.28. The van der Waals surface area contributed by atoms with Crippen LogP contribution in [0.2, 0.25) is 0 Å². The molecule has 2 saturated carbocycles. The number of halogens is 2. The summed E-state index contributed by atoms with van der Waals surface area (Å²) in [7, 11) is 0. The molecule has 4 aromatic carbocycles. The number of benzene rings is 4. The molecule has 0 saturated heterocycles. The second kappa shape index (κ2) is 29.0. The summed E-state index contributed by atoms with van der Waals surface area (Å²) in [6, 6.07) is 30.9. The first-order valence-corrected chi connectivity index (χ1v) is 26.8. The normalized spacial score (nSPS) is 14.8. The molecule has 0 aliphatic heterocycles. The highest BCUT2D eigenvalue weighted by molar-refractivity contribution is 6.40. The Balaban J connectivity index is 0.000000233. The van der Waals surface area contributed by atoms with Crippen molar-refractivity contribution in [3.63, 3.8) is 0 Å². The number of alkyl halides is 2. The van der Waals surface area contributed by atoms with E-state index in [9.17, 15) is 24.0 Å². The third kappa shape index (κ3) is 18.0. The number of nitrogens with one attached hydrogen (secondary N) is 1. The molecule has 3 N–H and O–H groups in total. The molecule has 0 bridgehead atoms. The maximum Gasteiger partial charge on any atom is 0.407 e. The molecule has 12 nitrogen and oxygen atoms in total. The predicted octanol–water partition coefficient (Wildman–Crippen LogP) is 12.4. The summed E-state index contributed by atoms with van der Waals surface area (Å²) < 4.78 is 16.5. The van der Waals surface area contributed by atoms with E-state index in [-0.39, 0.29) is 79.3 Å². The fourth-order valence-corrected chi connectivity index (χ4v) is 9.42. The molecule has 1 amide bonds. The van der Waals surface area contributed by atoms with E-state index < -0.39 is 17.6 Å². The lowest BCUT2D eigenvalue weighted by atomic mass is 9.89. The molecule has 6 aromatic rings. The van der Waals surface area contributed by atoms with E-state index >= 15 is 0 Å². The number of alkyl carbamates (subject to hydrolysis) is 1. The standard InChI is InChI=1S/C32H38N2O5.C27H30N2O3.CH2Cl2/c1-32(2,3)39-31(37)34-20-28(29(35)18-23-11-14-27-19-33-16-15-26(27)17-23)24-12-9-22(10-13-24)21-38-30(36)25-7-5-4-6-8-25;28-16-25(26(30)15-20-8-11-24-17-29-13-12-23(24)14-20)21-9-6-19(7-10-21)18-32-27(31)22-4-2-1-3-5-22;2-1-3/h9-17,19,25,28H,4-8,18,20-21H2,1-3H3,(H,34,37);6-14,17,22,25H,1-5,15-16,18,28H2;1H2. The summed E-state index contributed by atoms with van der Waals surface area (Å²) in [5.41, 5.74) is 10.7. The Morgan fingerprint density at radius 1 is 0.581 bits per heavy atom. The number of Topliss-reactive ketones (excluding diaryl/α,β-unsaturated/α-hetero) is 2. The molecule has 0 spiro atoms. The molecule has 2 aliphatic rings. The molecule has 14 heteroatoms. The number of aromatic nitrogens is 2. The number of carbonyl (C=O) groups is 5. The zero-order valence-corrected chi connectivity index (χ0v) is 44.4. The number of nitrogens with two attached hydrogens (primary N) is 1. The molecule has 2 aliphatic carbocycles. The molecular weight excluding hydrogens is 976 g/mol. The average Bonchev–Trinajstić information content (AvgIpc) is 3.41. The van der Waals surface area contributed by atoms with Gasteiger partial charge >= 0.3 is 18.0 Å². The number of nitrogens with zero attached hydrogens (tertiary/aromatic N) is 2. The predicted molar refractivity (Wildman–Crippen MR) is 292 cm³/mol. The van der Waals surface area contributed by atoms with Gasteiger partial charge in [-0.1, -0.05) is 123 Å². The van der Waals surface area contributed by atoms with Gasteiger partial charge in [0.1, 0.15) is 30.4 Å². The molecule has 2 unspecified atom stereocenters. The number of fused-ring (bicyclic) bond motifs is 2. The summed E-state index contributed by atoms with van der Waals surface area (Å²) in [6.45, 7) is 6.23. The highest BCUT2D eigenvalue weighted by Gasteiger charge is 2.26. The number of hydrogen-bond donors (Lipinski definition) is 2. The fourth-order valence-electron chi connectivity index (χ4n) is 9.42. The van der Waals surface area contributed by atoms with Crippen LogP contribution in [0.25, 0.3) is 21.5 Å². The van der Waals surface area contributed by atoms with Crippen LogP contribution in [0.5, 0.6) is 0 Å². The minimum Gasteiger partial charge on any atom is -0.461 e. The van der Waals surface area contributed by atoms with Crippen LogP contribution in [-0.2, 0) is 59.4 Å². The maximum atomic E-state index is 13.5. The lowest BCUT2D eigenvalue weighted by molar-refractivity contribution is -0.151. The van der Waals surface area contributed by atoms with E-state index in [2.05, 4.69) is 15.3 Å². The van der Waals surface area contributed by atoms with Crippen molar-refractivity contribution >= 4 is 74.3 Å². The van der Waals surface area contributed by atoms with Crippen LogP contribution in [0.4, 0.5) is 4.79 Å². The number of ether oxygens (including phenoxy) is 3. The number of esters is 2. The van der Waals surface area contributed by atoms with Crippen LogP contribution < -0.4 is 11.1 Å². The van der Waals surface area contributed by atoms with Gasteiger partial charge in [0.05, 0.1) is 29.0 Å². The molecule has 0 radical (unpaired) electrons. The highest BCUT2D eigenvalue weighted by atomic mass is 35.5. The minimum absolute atomic E-state index is 0.00493. The Morgan fingerprint density at radius 2 is 0.986 bits per heavy atom. The third-order valence-corrected chi connectivity index (χ3v) is 13.4. The monoisotopic (exact) mass is 1040 g/mol. The van der Waals surface area contributed by atoms with Crippen LogP contribution in [-0.4, -0.2) is 63.6 Å². The lowest BCUT2D eigenvalue weighted by Gasteiger charge is -2.22. The first-order valence-electron chi connectivity index (χ1n) is 25.7. The molecule has 8 rings (SSSR count). The Kier molecular flexibility index (Phi) is 22.4. The average molecular weight is 1050 g/mol. The van der Waals surface area contributed by atoms with Crippen LogP contribution in [0.3, 0.4) is 0 Å². The van der Waals surface area contributed by atoms with Gasteiger partial charge in [0, 0.05) is 61.5 Å².